The second-order valence-corrected chi connectivity index (χ2v) is 7.77. The average Bonchev–Trinajstić information content (AvgIpc) is 3.12. The third-order valence-electron chi connectivity index (χ3n) is 5.78. The van der Waals surface area contributed by atoms with Gasteiger partial charge in [-0.2, -0.15) is 0 Å². The van der Waals surface area contributed by atoms with Gasteiger partial charge in [0.15, 0.2) is 0 Å². The number of benzene rings is 2. The molecular weight excluding hydrogens is 350 g/mol. The molecule has 2 fully saturated rings. The van der Waals surface area contributed by atoms with E-state index in [4.69, 9.17) is 0 Å². The van der Waals surface area contributed by atoms with Crippen molar-refractivity contribution in [1.82, 2.24) is 0 Å². The van der Waals surface area contributed by atoms with Crippen molar-refractivity contribution in [2.45, 2.75) is 32.6 Å². The molecule has 146 valence electrons. The Morgan fingerprint density at radius 2 is 1.64 bits per heavy atom. The Morgan fingerprint density at radius 1 is 0.964 bits per heavy atom. The fourth-order valence-electron chi connectivity index (χ4n) is 4.08. The molecular formula is C23H27N3O2. The summed E-state index contributed by atoms with van der Waals surface area (Å²) < 4.78 is 0. The summed E-state index contributed by atoms with van der Waals surface area (Å²) in [5.41, 5.74) is 3.91. The molecule has 5 nitrogen and oxygen atoms in total. The summed E-state index contributed by atoms with van der Waals surface area (Å²) in [5.74, 6) is -0.403. The topological polar surface area (TPSA) is 52.7 Å². The monoisotopic (exact) mass is 377 g/mol. The van der Waals surface area contributed by atoms with Crippen LogP contribution in [-0.2, 0) is 9.59 Å². The maximum absolute atomic E-state index is 12.7. The fraction of sp³-hybridized carbons (Fsp3) is 0.391. The van der Waals surface area contributed by atoms with Crippen molar-refractivity contribution in [3.05, 3.63) is 54.1 Å². The van der Waals surface area contributed by atoms with Gasteiger partial charge in [-0.1, -0.05) is 18.2 Å². The highest BCUT2D eigenvalue weighted by molar-refractivity contribution is 6.03. The number of hydrogen-bond acceptors (Lipinski definition) is 3. The smallest absolute Gasteiger partial charge is 0.229 e. The molecule has 4 rings (SSSR count). The minimum Gasteiger partial charge on any atom is -0.372 e. The quantitative estimate of drug-likeness (QED) is 0.877. The highest BCUT2D eigenvalue weighted by atomic mass is 16.2. The molecule has 2 aliphatic heterocycles. The maximum Gasteiger partial charge on any atom is 0.229 e. The van der Waals surface area contributed by atoms with Crippen LogP contribution in [0, 0.1) is 12.8 Å². The molecule has 0 saturated carbocycles. The van der Waals surface area contributed by atoms with Crippen molar-refractivity contribution >= 4 is 28.9 Å². The Morgan fingerprint density at radius 3 is 2.36 bits per heavy atom. The number of anilines is 3. The molecule has 28 heavy (non-hydrogen) atoms. The summed E-state index contributed by atoms with van der Waals surface area (Å²) in [4.78, 5) is 29.3. The summed E-state index contributed by atoms with van der Waals surface area (Å²) in [6, 6.07) is 15.9. The lowest BCUT2D eigenvalue weighted by Crippen LogP contribution is -2.30. The van der Waals surface area contributed by atoms with Gasteiger partial charge in [-0.3, -0.25) is 9.59 Å². The van der Waals surface area contributed by atoms with E-state index in [1.54, 1.807) is 4.90 Å². The summed E-state index contributed by atoms with van der Waals surface area (Å²) >= 11 is 0. The Balaban J connectivity index is 1.41. The van der Waals surface area contributed by atoms with E-state index in [-0.39, 0.29) is 24.2 Å². The van der Waals surface area contributed by atoms with Crippen LogP contribution in [0.1, 0.15) is 31.2 Å². The molecule has 2 aromatic carbocycles. The SMILES string of the molecule is Cc1ccccc1NC(=O)C1CC(=O)N(c2ccc(N3CCCCC3)cc2)C1. The molecule has 1 N–H and O–H groups in total. The average molecular weight is 377 g/mol. The van der Waals surface area contributed by atoms with Crippen molar-refractivity contribution < 1.29 is 9.59 Å². The molecule has 0 bridgehead atoms. The molecule has 1 atom stereocenters. The Kier molecular flexibility index (Phi) is 5.33. The van der Waals surface area contributed by atoms with E-state index in [0.29, 0.717) is 6.54 Å². The summed E-state index contributed by atoms with van der Waals surface area (Å²) in [6.07, 6.45) is 4.04. The molecule has 2 heterocycles. The lowest BCUT2D eigenvalue weighted by molar-refractivity contribution is -0.122. The first-order valence-corrected chi connectivity index (χ1v) is 10.1. The number of hydrogen-bond donors (Lipinski definition) is 1. The molecule has 2 amide bonds. The largest absolute Gasteiger partial charge is 0.372 e. The third-order valence-corrected chi connectivity index (χ3v) is 5.78. The minimum absolute atomic E-state index is 0.00987. The normalized spacial score (nSPS) is 19.8. The first-order valence-electron chi connectivity index (χ1n) is 10.1. The molecule has 0 aliphatic carbocycles. The number of para-hydroxylation sites is 1. The van der Waals surface area contributed by atoms with Gasteiger partial charge in [0.25, 0.3) is 0 Å². The maximum atomic E-state index is 12.7. The van der Waals surface area contributed by atoms with Gasteiger partial charge in [-0.15, -0.1) is 0 Å². The zero-order chi connectivity index (χ0) is 19.5. The highest BCUT2D eigenvalue weighted by Gasteiger charge is 2.35. The Hall–Kier alpha value is -2.82. The molecule has 0 aromatic heterocycles. The minimum atomic E-state index is -0.325. The van der Waals surface area contributed by atoms with Gasteiger partial charge >= 0.3 is 0 Å². The van der Waals surface area contributed by atoms with E-state index in [9.17, 15) is 9.59 Å². The Labute approximate surface area is 166 Å². The van der Waals surface area contributed by atoms with Crippen LogP contribution in [0.15, 0.2) is 48.5 Å². The van der Waals surface area contributed by atoms with Crippen LogP contribution < -0.4 is 15.1 Å². The second-order valence-electron chi connectivity index (χ2n) is 7.77. The van der Waals surface area contributed by atoms with Gasteiger partial charge in [-0.25, -0.2) is 0 Å². The molecule has 5 heteroatoms. The third kappa shape index (κ3) is 3.88. The standard InChI is InChI=1S/C23H27N3O2/c1-17-7-3-4-8-21(17)24-23(28)18-15-22(27)26(16-18)20-11-9-19(10-12-20)25-13-5-2-6-14-25/h3-4,7-12,18H,2,5-6,13-16H2,1H3,(H,24,28). The van der Waals surface area contributed by atoms with Gasteiger partial charge in [-0.05, 0) is 62.1 Å². The number of piperidine rings is 1. The highest BCUT2D eigenvalue weighted by Crippen LogP contribution is 2.29. The summed E-state index contributed by atoms with van der Waals surface area (Å²) in [6.45, 7) is 4.59. The first-order chi connectivity index (χ1) is 13.6. The molecule has 0 spiro atoms. The van der Waals surface area contributed by atoms with Crippen LogP contribution in [0.3, 0.4) is 0 Å². The van der Waals surface area contributed by atoms with Gasteiger partial charge in [0.2, 0.25) is 11.8 Å². The lowest BCUT2D eigenvalue weighted by atomic mass is 10.1. The Bertz CT molecular complexity index is 856. The van der Waals surface area contributed by atoms with Crippen LogP contribution >= 0.6 is 0 Å². The number of nitrogens with one attached hydrogen (secondary N) is 1. The van der Waals surface area contributed by atoms with E-state index >= 15 is 0 Å². The molecule has 2 saturated heterocycles. The van der Waals surface area contributed by atoms with E-state index < -0.39 is 0 Å². The zero-order valence-corrected chi connectivity index (χ0v) is 16.4. The van der Waals surface area contributed by atoms with Gasteiger partial charge in [0, 0.05) is 43.1 Å². The number of nitrogens with zero attached hydrogens (tertiary/aromatic N) is 2. The van der Waals surface area contributed by atoms with E-state index in [1.165, 1.54) is 24.9 Å². The van der Waals surface area contributed by atoms with Crippen LogP contribution in [-0.4, -0.2) is 31.4 Å². The van der Waals surface area contributed by atoms with Crippen LogP contribution in [0.2, 0.25) is 0 Å². The predicted molar refractivity (Wildman–Crippen MR) is 113 cm³/mol. The van der Waals surface area contributed by atoms with Crippen LogP contribution in [0.25, 0.3) is 0 Å². The van der Waals surface area contributed by atoms with Crippen LogP contribution in [0.4, 0.5) is 17.1 Å². The van der Waals surface area contributed by atoms with Gasteiger partial charge < -0.3 is 15.1 Å². The second kappa shape index (κ2) is 8.05. The van der Waals surface area contributed by atoms with Crippen LogP contribution in [0.5, 0.6) is 0 Å². The van der Waals surface area contributed by atoms with E-state index in [2.05, 4.69) is 22.3 Å². The number of carbonyl (C=O) groups is 2. The predicted octanol–water partition coefficient (Wildman–Crippen LogP) is 3.98. The summed E-state index contributed by atoms with van der Waals surface area (Å²) in [7, 11) is 0. The number of aryl methyl sites for hydroxylation is 1. The zero-order valence-electron chi connectivity index (χ0n) is 16.4. The van der Waals surface area contributed by atoms with Gasteiger partial charge in [0.1, 0.15) is 0 Å². The fourth-order valence-corrected chi connectivity index (χ4v) is 4.08. The summed E-state index contributed by atoms with van der Waals surface area (Å²) in [5, 5.41) is 2.97. The lowest BCUT2D eigenvalue weighted by Gasteiger charge is -2.29. The van der Waals surface area contributed by atoms with E-state index in [1.807, 2.05) is 43.3 Å². The number of rotatable bonds is 4. The molecule has 2 aliphatic rings. The van der Waals surface area contributed by atoms with Crippen molar-refractivity contribution in [2.24, 2.45) is 5.92 Å². The van der Waals surface area contributed by atoms with Crippen molar-refractivity contribution in [3.63, 3.8) is 0 Å². The molecule has 0 radical (unpaired) electrons. The van der Waals surface area contributed by atoms with Crippen molar-refractivity contribution in [3.8, 4) is 0 Å². The van der Waals surface area contributed by atoms with Gasteiger partial charge in [0.05, 0.1) is 5.92 Å². The van der Waals surface area contributed by atoms with Crippen molar-refractivity contribution in [1.29, 1.82) is 0 Å². The number of carbonyl (C=O) groups excluding carboxylic acids is 2. The first kappa shape index (κ1) is 18.5. The van der Waals surface area contributed by atoms with Crippen molar-refractivity contribution in [2.75, 3.05) is 34.8 Å². The van der Waals surface area contributed by atoms with E-state index in [0.717, 1.165) is 30.0 Å². The number of amides is 2. The molecule has 1 unspecified atom stereocenters. The molecule has 2 aromatic rings.